The van der Waals surface area contributed by atoms with E-state index in [1.807, 2.05) is 0 Å². The third kappa shape index (κ3) is 3.79. The van der Waals surface area contributed by atoms with Crippen molar-refractivity contribution in [3.63, 3.8) is 0 Å². The minimum Gasteiger partial charge on any atom is -0.340 e. The van der Waals surface area contributed by atoms with Gasteiger partial charge in [-0.2, -0.15) is 0 Å². The molecule has 0 bridgehead atoms. The summed E-state index contributed by atoms with van der Waals surface area (Å²) in [6.07, 6.45) is 0. The van der Waals surface area contributed by atoms with Crippen LogP contribution < -0.4 is 5.73 Å². The van der Waals surface area contributed by atoms with Gasteiger partial charge in [0.2, 0.25) is 5.91 Å². The van der Waals surface area contributed by atoms with E-state index in [4.69, 9.17) is 5.73 Å². The Labute approximate surface area is 101 Å². The van der Waals surface area contributed by atoms with E-state index >= 15 is 0 Å². The molecule has 90 valence electrons. The Balaban J connectivity index is 0.00000225. The molecular weight excluding hydrogens is 231 g/mol. The SMILES string of the molecule is C[C@@H](N)C(=O)N(C)Cc1ccccc1F.Cl. The van der Waals surface area contributed by atoms with E-state index in [-0.39, 0.29) is 30.7 Å². The first-order valence-corrected chi connectivity index (χ1v) is 4.76. The molecule has 16 heavy (non-hydrogen) atoms. The van der Waals surface area contributed by atoms with Gasteiger partial charge in [-0.15, -0.1) is 12.4 Å². The van der Waals surface area contributed by atoms with Crippen LogP contribution in [0.25, 0.3) is 0 Å². The molecule has 1 atom stereocenters. The van der Waals surface area contributed by atoms with E-state index in [2.05, 4.69) is 0 Å². The number of nitrogens with two attached hydrogens (primary N) is 1. The van der Waals surface area contributed by atoms with Crippen LogP contribution in [0.5, 0.6) is 0 Å². The first-order chi connectivity index (χ1) is 7.02. The molecule has 0 saturated heterocycles. The summed E-state index contributed by atoms with van der Waals surface area (Å²) in [4.78, 5) is 12.9. The summed E-state index contributed by atoms with van der Waals surface area (Å²) in [6, 6.07) is 5.83. The minimum atomic E-state index is -0.554. The van der Waals surface area contributed by atoms with Gasteiger partial charge in [-0.05, 0) is 13.0 Å². The van der Waals surface area contributed by atoms with Crippen LogP contribution in [0.15, 0.2) is 24.3 Å². The van der Waals surface area contributed by atoms with E-state index in [0.29, 0.717) is 5.56 Å². The standard InChI is InChI=1S/C11H15FN2O.ClH/c1-8(13)11(15)14(2)7-9-5-3-4-6-10(9)12;/h3-6,8H,7,13H2,1-2H3;1H/t8-;/m1./s1. The van der Waals surface area contributed by atoms with Gasteiger partial charge < -0.3 is 10.6 Å². The molecule has 1 aromatic carbocycles. The highest BCUT2D eigenvalue weighted by Gasteiger charge is 2.14. The Morgan fingerprint density at radius 3 is 2.56 bits per heavy atom. The fourth-order valence-corrected chi connectivity index (χ4v) is 1.31. The molecule has 1 amide bonds. The summed E-state index contributed by atoms with van der Waals surface area (Å²) in [7, 11) is 1.61. The fourth-order valence-electron chi connectivity index (χ4n) is 1.31. The number of hydrogen-bond donors (Lipinski definition) is 1. The molecule has 0 aliphatic carbocycles. The molecule has 0 unspecified atom stereocenters. The lowest BCUT2D eigenvalue weighted by molar-refractivity contribution is -0.131. The van der Waals surface area contributed by atoms with Crippen LogP contribution in [-0.2, 0) is 11.3 Å². The highest BCUT2D eigenvalue weighted by molar-refractivity contribution is 5.85. The van der Waals surface area contributed by atoms with E-state index in [1.165, 1.54) is 11.0 Å². The molecule has 5 heteroatoms. The lowest BCUT2D eigenvalue weighted by atomic mass is 10.2. The number of carbonyl (C=O) groups excluding carboxylic acids is 1. The number of rotatable bonds is 3. The maximum absolute atomic E-state index is 13.2. The fraction of sp³-hybridized carbons (Fsp3) is 0.364. The summed E-state index contributed by atoms with van der Waals surface area (Å²) < 4.78 is 13.2. The van der Waals surface area contributed by atoms with Crippen LogP contribution in [0.1, 0.15) is 12.5 Å². The molecule has 0 saturated carbocycles. The third-order valence-corrected chi connectivity index (χ3v) is 2.13. The Kier molecular flexibility index (Phi) is 6.00. The van der Waals surface area contributed by atoms with Crippen molar-refractivity contribution in [3.8, 4) is 0 Å². The Morgan fingerprint density at radius 1 is 1.50 bits per heavy atom. The van der Waals surface area contributed by atoms with E-state index in [9.17, 15) is 9.18 Å². The van der Waals surface area contributed by atoms with Crippen LogP contribution in [0, 0.1) is 5.82 Å². The Hall–Kier alpha value is -1.13. The number of amides is 1. The molecule has 1 rings (SSSR count). The summed E-state index contributed by atoms with van der Waals surface area (Å²) in [5, 5.41) is 0. The molecule has 0 aliphatic rings. The van der Waals surface area contributed by atoms with Crippen molar-refractivity contribution in [1.29, 1.82) is 0 Å². The highest BCUT2D eigenvalue weighted by atomic mass is 35.5. The Morgan fingerprint density at radius 2 is 2.06 bits per heavy atom. The molecular formula is C11H16ClFN2O. The molecule has 2 N–H and O–H groups in total. The number of benzene rings is 1. The molecule has 0 aromatic heterocycles. The summed E-state index contributed by atoms with van der Waals surface area (Å²) >= 11 is 0. The van der Waals surface area contributed by atoms with Crippen molar-refractivity contribution >= 4 is 18.3 Å². The van der Waals surface area contributed by atoms with Crippen LogP contribution in [0.4, 0.5) is 4.39 Å². The van der Waals surface area contributed by atoms with Crippen LogP contribution in [0.3, 0.4) is 0 Å². The van der Waals surface area contributed by atoms with Crippen LogP contribution in [-0.4, -0.2) is 23.9 Å². The smallest absolute Gasteiger partial charge is 0.239 e. The van der Waals surface area contributed by atoms with Gasteiger partial charge in [0, 0.05) is 19.2 Å². The summed E-state index contributed by atoms with van der Waals surface area (Å²) in [6.45, 7) is 1.85. The second kappa shape index (κ2) is 6.45. The molecule has 0 aliphatic heterocycles. The summed E-state index contributed by atoms with van der Waals surface area (Å²) in [5.41, 5.74) is 5.94. The van der Waals surface area contributed by atoms with E-state index < -0.39 is 6.04 Å². The largest absolute Gasteiger partial charge is 0.340 e. The topological polar surface area (TPSA) is 46.3 Å². The third-order valence-electron chi connectivity index (χ3n) is 2.13. The average Bonchev–Trinajstić information content (AvgIpc) is 2.20. The predicted molar refractivity (Wildman–Crippen MR) is 63.8 cm³/mol. The maximum atomic E-state index is 13.2. The van der Waals surface area contributed by atoms with Crippen molar-refractivity contribution in [2.45, 2.75) is 19.5 Å². The van der Waals surface area contributed by atoms with Gasteiger partial charge in [-0.3, -0.25) is 4.79 Å². The number of hydrogen-bond acceptors (Lipinski definition) is 2. The lowest BCUT2D eigenvalue weighted by Gasteiger charge is -2.19. The second-order valence-corrected chi connectivity index (χ2v) is 3.57. The molecule has 0 radical (unpaired) electrons. The van der Waals surface area contributed by atoms with Crippen LogP contribution >= 0.6 is 12.4 Å². The van der Waals surface area contributed by atoms with Crippen molar-refractivity contribution in [2.75, 3.05) is 7.05 Å². The average molecular weight is 247 g/mol. The number of likely N-dealkylation sites (N-methyl/N-ethyl adjacent to an activating group) is 1. The quantitative estimate of drug-likeness (QED) is 0.880. The maximum Gasteiger partial charge on any atom is 0.239 e. The lowest BCUT2D eigenvalue weighted by Crippen LogP contribution is -2.39. The van der Waals surface area contributed by atoms with Crippen molar-refractivity contribution in [2.24, 2.45) is 5.73 Å². The second-order valence-electron chi connectivity index (χ2n) is 3.57. The van der Waals surface area contributed by atoms with Crippen molar-refractivity contribution in [1.82, 2.24) is 4.90 Å². The number of halogens is 2. The van der Waals surface area contributed by atoms with Crippen molar-refractivity contribution < 1.29 is 9.18 Å². The van der Waals surface area contributed by atoms with Gasteiger partial charge in [0.15, 0.2) is 0 Å². The monoisotopic (exact) mass is 246 g/mol. The Bertz CT molecular complexity index is 358. The molecule has 0 fully saturated rings. The van der Waals surface area contributed by atoms with Crippen molar-refractivity contribution in [3.05, 3.63) is 35.6 Å². The zero-order chi connectivity index (χ0) is 11.4. The van der Waals surface area contributed by atoms with Gasteiger partial charge >= 0.3 is 0 Å². The molecule has 0 heterocycles. The molecule has 3 nitrogen and oxygen atoms in total. The van der Waals surface area contributed by atoms with E-state index in [1.54, 1.807) is 32.2 Å². The first-order valence-electron chi connectivity index (χ1n) is 4.76. The minimum absolute atomic E-state index is 0. The normalized spacial score (nSPS) is 11.5. The zero-order valence-corrected chi connectivity index (χ0v) is 10.1. The number of nitrogens with zero attached hydrogens (tertiary/aromatic N) is 1. The van der Waals surface area contributed by atoms with Crippen LogP contribution in [0.2, 0.25) is 0 Å². The number of carbonyl (C=O) groups is 1. The predicted octanol–water partition coefficient (Wildman–Crippen LogP) is 1.55. The van der Waals surface area contributed by atoms with Gasteiger partial charge in [-0.1, -0.05) is 18.2 Å². The van der Waals surface area contributed by atoms with Gasteiger partial charge in [0.1, 0.15) is 5.82 Å². The first kappa shape index (κ1) is 14.9. The van der Waals surface area contributed by atoms with E-state index in [0.717, 1.165) is 0 Å². The summed E-state index contributed by atoms with van der Waals surface area (Å²) in [5.74, 6) is -0.500. The zero-order valence-electron chi connectivity index (χ0n) is 9.31. The molecule has 0 spiro atoms. The van der Waals surface area contributed by atoms with Gasteiger partial charge in [0.05, 0.1) is 6.04 Å². The molecule has 1 aromatic rings. The highest BCUT2D eigenvalue weighted by Crippen LogP contribution is 2.09. The van der Waals surface area contributed by atoms with Gasteiger partial charge in [0.25, 0.3) is 0 Å². The van der Waals surface area contributed by atoms with Gasteiger partial charge in [-0.25, -0.2) is 4.39 Å².